The molecule has 1 unspecified atom stereocenters. The van der Waals surface area contributed by atoms with Crippen molar-refractivity contribution < 1.29 is 4.79 Å². The van der Waals surface area contributed by atoms with Gasteiger partial charge < -0.3 is 5.32 Å². The molecule has 1 aromatic rings. The van der Waals surface area contributed by atoms with Gasteiger partial charge in [-0.2, -0.15) is 0 Å². The second-order valence-electron chi connectivity index (χ2n) is 2.80. The van der Waals surface area contributed by atoms with Gasteiger partial charge in [0.1, 0.15) is 0 Å². The van der Waals surface area contributed by atoms with Crippen LogP contribution in [0.5, 0.6) is 0 Å². The van der Waals surface area contributed by atoms with Crippen LogP contribution >= 0.6 is 31.9 Å². The van der Waals surface area contributed by atoms with Crippen molar-refractivity contribution in [2.24, 2.45) is 0 Å². The minimum absolute atomic E-state index is 0.00403. The van der Waals surface area contributed by atoms with Crippen LogP contribution in [0.3, 0.4) is 0 Å². The molecule has 0 saturated heterocycles. The van der Waals surface area contributed by atoms with Gasteiger partial charge in [-0.25, -0.2) is 0 Å². The Balaban J connectivity index is 2.49. The maximum Gasteiger partial charge on any atom is 0.238 e. The lowest BCUT2D eigenvalue weighted by atomic mass is 10.3. The van der Waals surface area contributed by atoms with Crippen LogP contribution in [-0.2, 0) is 4.79 Å². The first kappa shape index (κ1) is 11.7. The van der Waals surface area contributed by atoms with E-state index in [2.05, 4.69) is 37.2 Å². The van der Waals surface area contributed by atoms with Crippen LogP contribution in [0.4, 0.5) is 5.69 Å². The zero-order chi connectivity index (χ0) is 10.4. The lowest BCUT2D eigenvalue weighted by Gasteiger charge is -2.08. The first-order chi connectivity index (χ1) is 6.74. The second-order valence-corrected chi connectivity index (χ2v) is 4.70. The highest BCUT2D eigenvalue weighted by Crippen LogP contribution is 2.11. The van der Waals surface area contributed by atoms with Crippen molar-refractivity contribution in [3.63, 3.8) is 0 Å². The molecule has 4 heteroatoms. The maximum absolute atomic E-state index is 11.5. The average molecular weight is 321 g/mol. The van der Waals surface area contributed by atoms with Crippen LogP contribution in [0, 0.1) is 0 Å². The van der Waals surface area contributed by atoms with Gasteiger partial charge in [-0.05, 0) is 18.6 Å². The third kappa shape index (κ3) is 3.80. The molecular formula is C10H11Br2NO. The third-order valence-corrected chi connectivity index (χ3v) is 3.02. The molecule has 0 spiro atoms. The summed E-state index contributed by atoms with van der Waals surface area (Å²) in [5, 5.41) is 3.63. The van der Waals surface area contributed by atoms with Gasteiger partial charge in [0.05, 0.1) is 4.83 Å². The summed E-state index contributed by atoms with van der Waals surface area (Å²) in [6, 6.07) is 9.43. The second kappa shape index (κ2) is 6.19. The summed E-state index contributed by atoms with van der Waals surface area (Å²) >= 11 is 6.61. The highest BCUT2D eigenvalue weighted by atomic mass is 79.9. The number of hydrogen-bond acceptors (Lipinski definition) is 1. The number of hydrogen-bond donors (Lipinski definition) is 1. The molecule has 76 valence electrons. The van der Waals surface area contributed by atoms with E-state index >= 15 is 0 Å². The molecule has 0 radical (unpaired) electrons. The van der Waals surface area contributed by atoms with Gasteiger partial charge in [0.15, 0.2) is 0 Å². The van der Waals surface area contributed by atoms with Gasteiger partial charge in [-0.1, -0.05) is 50.1 Å². The van der Waals surface area contributed by atoms with Gasteiger partial charge in [0, 0.05) is 11.0 Å². The third-order valence-electron chi connectivity index (χ3n) is 1.69. The Morgan fingerprint density at radius 3 is 2.57 bits per heavy atom. The monoisotopic (exact) mass is 319 g/mol. The van der Waals surface area contributed by atoms with Crippen LogP contribution in [0.1, 0.15) is 6.42 Å². The van der Waals surface area contributed by atoms with E-state index in [1.54, 1.807) is 0 Å². The van der Waals surface area contributed by atoms with E-state index in [0.717, 1.165) is 17.4 Å². The molecule has 1 rings (SSSR count). The van der Waals surface area contributed by atoms with E-state index in [4.69, 9.17) is 0 Å². The van der Waals surface area contributed by atoms with Crippen LogP contribution in [-0.4, -0.2) is 16.1 Å². The number of amides is 1. The van der Waals surface area contributed by atoms with E-state index in [9.17, 15) is 4.79 Å². The summed E-state index contributed by atoms with van der Waals surface area (Å²) in [6.07, 6.45) is 0.776. The zero-order valence-electron chi connectivity index (χ0n) is 7.54. The van der Waals surface area contributed by atoms with E-state index in [1.165, 1.54) is 0 Å². The summed E-state index contributed by atoms with van der Waals surface area (Å²) in [4.78, 5) is 11.4. The standard InChI is InChI=1S/C10H11Br2NO/c11-7-6-9(12)10(14)13-8-4-2-1-3-5-8/h1-5,9H,6-7H2,(H,13,14). The van der Waals surface area contributed by atoms with Gasteiger partial charge in [-0.15, -0.1) is 0 Å². The largest absolute Gasteiger partial charge is 0.325 e. The normalized spacial score (nSPS) is 12.1. The predicted octanol–water partition coefficient (Wildman–Crippen LogP) is 3.17. The number of para-hydroxylation sites is 1. The van der Waals surface area contributed by atoms with Crippen molar-refractivity contribution in [3.8, 4) is 0 Å². The molecule has 1 aromatic carbocycles. The Kier molecular flexibility index (Phi) is 5.19. The number of rotatable bonds is 4. The highest BCUT2D eigenvalue weighted by Gasteiger charge is 2.13. The van der Waals surface area contributed by atoms with Crippen molar-refractivity contribution in [1.82, 2.24) is 0 Å². The van der Waals surface area contributed by atoms with Crippen LogP contribution < -0.4 is 5.32 Å². The number of carbonyl (C=O) groups is 1. The zero-order valence-corrected chi connectivity index (χ0v) is 10.7. The summed E-state index contributed by atoms with van der Waals surface area (Å²) in [7, 11) is 0. The number of benzene rings is 1. The van der Waals surface area contributed by atoms with E-state index < -0.39 is 0 Å². The molecule has 2 nitrogen and oxygen atoms in total. The Bertz CT molecular complexity index is 289. The molecule has 1 N–H and O–H groups in total. The Labute approximate surface area is 100 Å². The van der Waals surface area contributed by atoms with Gasteiger partial charge in [-0.3, -0.25) is 4.79 Å². The Hall–Kier alpha value is -0.350. The number of anilines is 1. The number of alkyl halides is 2. The van der Waals surface area contributed by atoms with Gasteiger partial charge >= 0.3 is 0 Å². The van der Waals surface area contributed by atoms with Crippen LogP contribution in [0.2, 0.25) is 0 Å². The fourth-order valence-corrected chi connectivity index (χ4v) is 2.38. The molecule has 0 bridgehead atoms. The molecule has 0 aromatic heterocycles. The molecule has 0 heterocycles. The van der Waals surface area contributed by atoms with E-state index in [1.807, 2.05) is 30.3 Å². The molecule has 0 aliphatic heterocycles. The van der Waals surface area contributed by atoms with Crippen LogP contribution in [0.25, 0.3) is 0 Å². The topological polar surface area (TPSA) is 29.1 Å². The smallest absolute Gasteiger partial charge is 0.238 e. The first-order valence-electron chi connectivity index (χ1n) is 4.30. The molecule has 0 fully saturated rings. The average Bonchev–Trinajstić information content (AvgIpc) is 2.19. The quantitative estimate of drug-likeness (QED) is 0.848. The van der Waals surface area contributed by atoms with Crippen molar-refractivity contribution in [2.75, 3.05) is 10.6 Å². The van der Waals surface area contributed by atoms with Crippen molar-refractivity contribution in [1.29, 1.82) is 0 Å². The molecule has 0 aliphatic rings. The lowest BCUT2D eigenvalue weighted by Crippen LogP contribution is -2.22. The summed E-state index contributed by atoms with van der Waals surface area (Å²) in [5.41, 5.74) is 0.830. The molecular weight excluding hydrogens is 310 g/mol. The lowest BCUT2D eigenvalue weighted by molar-refractivity contribution is -0.115. The number of halogens is 2. The minimum atomic E-state index is -0.137. The number of nitrogens with one attached hydrogen (secondary N) is 1. The van der Waals surface area contributed by atoms with E-state index in [-0.39, 0.29) is 10.7 Å². The summed E-state index contributed by atoms with van der Waals surface area (Å²) in [6.45, 7) is 0. The fraction of sp³-hybridized carbons (Fsp3) is 0.300. The molecule has 0 saturated carbocycles. The summed E-state index contributed by atoms with van der Waals surface area (Å²) < 4.78 is 0. The SMILES string of the molecule is O=C(Nc1ccccc1)C(Br)CCBr. The van der Waals surface area contributed by atoms with Crippen molar-refractivity contribution >= 4 is 43.5 Å². The van der Waals surface area contributed by atoms with Crippen LogP contribution in [0.15, 0.2) is 30.3 Å². The van der Waals surface area contributed by atoms with Gasteiger partial charge in [0.25, 0.3) is 0 Å². The van der Waals surface area contributed by atoms with Crippen molar-refractivity contribution in [3.05, 3.63) is 30.3 Å². The minimum Gasteiger partial charge on any atom is -0.325 e. The molecule has 1 atom stereocenters. The molecule has 0 aliphatic carbocycles. The predicted molar refractivity (Wildman–Crippen MR) is 66.2 cm³/mol. The molecule has 14 heavy (non-hydrogen) atoms. The number of carbonyl (C=O) groups excluding carboxylic acids is 1. The van der Waals surface area contributed by atoms with Crippen molar-refractivity contribution in [2.45, 2.75) is 11.2 Å². The first-order valence-corrected chi connectivity index (χ1v) is 6.33. The Morgan fingerprint density at radius 1 is 1.36 bits per heavy atom. The molecule has 1 amide bonds. The fourth-order valence-electron chi connectivity index (χ4n) is 0.969. The van der Waals surface area contributed by atoms with Gasteiger partial charge in [0.2, 0.25) is 5.91 Å². The van der Waals surface area contributed by atoms with E-state index in [0.29, 0.717) is 0 Å². The summed E-state index contributed by atoms with van der Waals surface area (Å²) in [5.74, 6) is -0.00403. The highest BCUT2D eigenvalue weighted by molar-refractivity contribution is 9.10. The maximum atomic E-state index is 11.5. The Morgan fingerprint density at radius 2 is 2.00 bits per heavy atom.